The Labute approximate surface area is 82.2 Å². The number of rotatable bonds is 4. The average molecular weight is 218 g/mol. The van der Waals surface area contributed by atoms with Crippen molar-refractivity contribution < 1.29 is 21.9 Å². The molecule has 0 atom stereocenters. The van der Waals surface area contributed by atoms with Gasteiger partial charge in [0.15, 0.2) is 0 Å². The number of ether oxygens (including phenoxy) is 1. The molecule has 0 aliphatic carbocycles. The van der Waals surface area contributed by atoms with Crippen LogP contribution in [0.25, 0.3) is 0 Å². The largest absolute Gasteiger partial charge is 0.497 e. The van der Waals surface area contributed by atoms with Gasteiger partial charge in [-0.05, 0) is 17.7 Å². The van der Waals surface area contributed by atoms with E-state index in [4.69, 9.17) is 9.29 Å². The zero-order valence-electron chi connectivity index (χ0n) is 7.50. The first-order chi connectivity index (χ1) is 6.51. The van der Waals surface area contributed by atoms with Gasteiger partial charge in [0.05, 0.1) is 13.7 Å². The van der Waals surface area contributed by atoms with Gasteiger partial charge in [0, 0.05) is 0 Å². The van der Waals surface area contributed by atoms with Crippen molar-refractivity contribution in [2.24, 2.45) is 0 Å². The first-order valence-corrected chi connectivity index (χ1v) is 5.12. The number of benzene rings is 1. The van der Waals surface area contributed by atoms with Gasteiger partial charge in [0.2, 0.25) is 0 Å². The Morgan fingerprint density at radius 1 is 1.29 bits per heavy atom. The highest BCUT2D eigenvalue weighted by Gasteiger charge is 2.04. The third kappa shape index (κ3) is 3.73. The van der Waals surface area contributed by atoms with Gasteiger partial charge in [0.1, 0.15) is 5.75 Å². The van der Waals surface area contributed by atoms with E-state index < -0.39 is 10.4 Å². The molecule has 1 N–H and O–H groups in total. The summed E-state index contributed by atoms with van der Waals surface area (Å²) in [5.74, 6) is 0.667. The molecule has 0 heterocycles. The molecule has 1 rings (SSSR count). The maximum Gasteiger partial charge on any atom is 0.397 e. The lowest BCUT2D eigenvalue weighted by atomic mass is 10.2. The van der Waals surface area contributed by atoms with Gasteiger partial charge < -0.3 is 4.74 Å². The summed E-state index contributed by atoms with van der Waals surface area (Å²) >= 11 is 0. The minimum Gasteiger partial charge on any atom is -0.497 e. The average Bonchev–Trinajstić information content (AvgIpc) is 2.14. The van der Waals surface area contributed by atoms with Crippen LogP contribution in [0.3, 0.4) is 0 Å². The summed E-state index contributed by atoms with van der Waals surface area (Å²) in [5.41, 5.74) is 0.628. The van der Waals surface area contributed by atoms with E-state index in [1.54, 1.807) is 24.3 Å². The summed E-state index contributed by atoms with van der Waals surface area (Å²) in [5, 5.41) is 0. The minimum absolute atomic E-state index is 0.192. The van der Waals surface area contributed by atoms with Crippen LogP contribution in [0.5, 0.6) is 5.75 Å². The molecule has 1 aromatic carbocycles. The molecular formula is C8H10O5S. The molecule has 0 spiro atoms. The molecule has 0 fully saturated rings. The van der Waals surface area contributed by atoms with Crippen LogP contribution in [0.4, 0.5) is 0 Å². The first-order valence-electron chi connectivity index (χ1n) is 3.76. The SMILES string of the molecule is COc1ccc(COS(=O)(=O)O)cc1. The quantitative estimate of drug-likeness (QED) is 0.763. The summed E-state index contributed by atoms with van der Waals surface area (Å²) in [4.78, 5) is 0. The van der Waals surface area contributed by atoms with Crippen LogP contribution in [0.1, 0.15) is 5.56 Å². The van der Waals surface area contributed by atoms with E-state index in [1.807, 2.05) is 0 Å². The molecule has 0 unspecified atom stereocenters. The normalized spacial score (nSPS) is 11.3. The van der Waals surface area contributed by atoms with E-state index in [1.165, 1.54) is 7.11 Å². The van der Waals surface area contributed by atoms with Crippen molar-refractivity contribution in [3.63, 3.8) is 0 Å². The number of methoxy groups -OCH3 is 1. The highest BCUT2D eigenvalue weighted by Crippen LogP contribution is 2.12. The fraction of sp³-hybridized carbons (Fsp3) is 0.250. The lowest BCUT2D eigenvalue weighted by Gasteiger charge is -2.02. The second-order valence-electron chi connectivity index (χ2n) is 2.54. The zero-order valence-corrected chi connectivity index (χ0v) is 8.32. The highest BCUT2D eigenvalue weighted by atomic mass is 32.3. The maximum atomic E-state index is 10.2. The third-order valence-corrected chi connectivity index (χ3v) is 1.95. The van der Waals surface area contributed by atoms with E-state index in [-0.39, 0.29) is 6.61 Å². The molecule has 0 aliphatic heterocycles. The molecule has 0 amide bonds. The van der Waals surface area contributed by atoms with Crippen LogP contribution in [0.2, 0.25) is 0 Å². The molecule has 0 aliphatic rings. The van der Waals surface area contributed by atoms with Gasteiger partial charge in [-0.1, -0.05) is 12.1 Å². The van der Waals surface area contributed by atoms with Crippen LogP contribution >= 0.6 is 0 Å². The molecule has 6 heteroatoms. The van der Waals surface area contributed by atoms with Crippen molar-refractivity contribution in [1.29, 1.82) is 0 Å². The highest BCUT2D eigenvalue weighted by molar-refractivity contribution is 7.80. The van der Waals surface area contributed by atoms with Gasteiger partial charge in [-0.25, -0.2) is 4.18 Å². The van der Waals surface area contributed by atoms with Crippen LogP contribution < -0.4 is 4.74 Å². The monoisotopic (exact) mass is 218 g/mol. The van der Waals surface area contributed by atoms with Gasteiger partial charge >= 0.3 is 10.4 Å². The Kier molecular flexibility index (Phi) is 3.45. The van der Waals surface area contributed by atoms with E-state index in [9.17, 15) is 8.42 Å². The fourth-order valence-corrected chi connectivity index (χ4v) is 1.15. The van der Waals surface area contributed by atoms with Gasteiger partial charge in [-0.2, -0.15) is 8.42 Å². The Morgan fingerprint density at radius 3 is 2.29 bits per heavy atom. The van der Waals surface area contributed by atoms with Gasteiger partial charge in [-0.15, -0.1) is 0 Å². The van der Waals surface area contributed by atoms with Crippen LogP contribution in [0, 0.1) is 0 Å². The van der Waals surface area contributed by atoms with Crippen molar-refractivity contribution in [3.8, 4) is 5.75 Å². The fourth-order valence-electron chi connectivity index (χ4n) is 0.864. The lowest BCUT2D eigenvalue weighted by molar-refractivity contribution is 0.259. The predicted molar refractivity (Wildman–Crippen MR) is 49.3 cm³/mol. The van der Waals surface area contributed by atoms with E-state index >= 15 is 0 Å². The van der Waals surface area contributed by atoms with Crippen molar-refractivity contribution in [2.45, 2.75) is 6.61 Å². The second kappa shape index (κ2) is 4.41. The van der Waals surface area contributed by atoms with Crippen molar-refractivity contribution in [2.75, 3.05) is 7.11 Å². The molecule has 5 nitrogen and oxygen atoms in total. The Morgan fingerprint density at radius 2 is 1.86 bits per heavy atom. The smallest absolute Gasteiger partial charge is 0.397 e. The van der Waals surface area contributed by atoms with Crippen molar-refractivity contribution in [1.82, 2.24) is 0 Å². The van der Waals surface area contributed by atoms with Crippen LogP contribution in [-0.4, -0.2) is 20.1 Å². The molecule has 0 bridgehead atoms. The standard InChI is InChI=1S/C8H10O5S/c1-12-8-4-2-7(3-5-8)6-13-14(9,10)11/h2-5H,6H2,1H3,(H,9,10,11). The lowest BCUT2D eigenvalue weighted by Crippen LogP contribution is -2.03. The van der Waals surface area contributed by atoms with Gasteiger partial charge in [0.25, 0.3) is 0 Å². The molecule has 0 radical (unpaired) electrons. The zero-order chi connectivity index (χ0) is 10.6. The topological polar surface area (TPSA) is 72.8 Å². The Bertz CT molecular complexity index is 381. The summed E-state index contributed by atoms with van der Waals surface area (Å²) in [6.45, 7) is -0.192. The number of hydrogen-bond donors (Lipinski definition) is 1. The first kappa shape index (κ1) is 11.0. The summed E-state index contributed by atoms with van der Waals surface area (Å²) < 4.78 is 37.9. The van der Waals surface area contributed by atoms with Crippen LogP contribution in [0.15, 0.2) is 24.3 Å². The molecular weight excluding hydrogens is 208 g/mol. The molecule has 1 aromatic rings. The summed E-state index contributed by atoms with van der Waals surface area (Å²) in [7, 11) is -2.84. The van der Waals surface area contributed by atoms with E-state index in [0.29, 0.717) is 11.3 Å². The molecule has 0 saturated carbocycles. The molecule has 0 aromatic heterocycles. The van der Waals surface area contributed by atoms with E-state index in [2.05, 4.69) is 4.18 Å². The van der Waals surface area contributed by atoms with Gasteiger partial charge in [-0.3, -0.25) is 4.55 Å². The maximum absolute atomic E-state index is 10.2. The van der Waals surface area contributed by atoms with E-state index in [0.717, 1.165) is 0 Å². The summed E-state index contributed by atoms with van der Waals surface area (Å²) in [6, 6.07) is 6.62. The molecule has 78 valence electrons. The molecule has 0 saturated heterocycles. The molecule has 14 heavy (non-hydrogen) atoms. The Balaban J connectivity index is 2.61. The number of hydrogen-bond acceptors (Lipinski definition) is 4. The minimum atomic E-state index is -4.37. The van der Waals surface area contributed by atoms with Crippen molar-refractivity contribution >= 4 is 10.4 Å². The van der Waals surface area contributed by atoms with Crippen LogP contribution in [-0.2, 0) is 21.2 Å². The third-order valence-electron chi connectivity index (χ3n) is 1.53. The van der Waals surface area contributed by atoms with Crippen molar-refractivity contribution in [3.05, 3.63) is 29.8 Å². The summed E-state index contributed by atoms with van der Waals surface area (Å²) in [6.07, 6.45) is 0. The Hall–Kier alpha value is -1.11. The predicted octanol–water partition coefficient (Wildman–Crippen LogP) is 1.01. The second-order valence-corrected chi connectivity index (χ2v) is 3.63.